The molecule has 0 saturated heterocycles. The van der Waals surface area contributed by atoms with Crippen molar-refractivity contribution < 1.29 is 4.79 Å². The Morgan fingerprint density at radius 1 is 1.62 bits per heavy atom. The minimum atomic E-state index is -0.133. The first kappa shape index (κ1) is 7.41. The molecule has 0 amide bonds. The van der Waals surface area contributed by atoms with Gasteiger partial charge in [-0.3, -0.25) is 4.79 Å². The molecule has 0 spiro atoms. The minimum absolute atomic E-state index is 0.133. The molecule has 0 bridgehead atoms. The van der Waals surface area contributed by atoms with Gasteiger partial charge < -0.3 is 0 Å². The number of Topliss-reactive ketones (excluding diaryl/α,β-unsaturated/α-hetero) is 1. The van der Waals surface area contributed by atoms with E-state index < -0.39 is 0 Å². The number of hydrogen-bond donors (Lipinski definition) is 0. The monoisotopic (exact) mass is 111 g/mol. The summed E-state index contributed by atoms with van der Waals surface area (Å²) in [6.45, 7) is 8.76. The van der Waals surface area contributed by atoms with E-state index in [1.807, 2.05) is 6.92 Å². The van der Waals surface area contributed by atoms with Crippen LogP contribution in [0.4, 0.5) is 0 Å². The molecule has 1 radical (unpaired) electrons. The van der Waals surface area contributed by atoms with Crippen LogP contribution >= 0.6 is 0 Å². The maximum atomic E-state index is 10.3. The van der Waals surface area contributed by atoms with Gasteiger partial charge >= 0.3 is 0 Å². The Balaban J connectivity index is 3.49. The molecule has 1 nitrogen and oxygen atoms in total. The fraction of sp³-hybridized carbons (Fsp3) is 0.429. The topological polar surface area (TPSA) is 17.1 Å². The third-order valence-corrected chi connectivity index (χ3v) is 0.946. The predicted octanol–water partition coefficient (Wildman–Crippen LogP) is 1.75. The fourth-order valence-electron chi connectivity index (χ4n) is 0.441. The molecule has 0 N–H and O–H groups in total. The molecule has 0 aliphatic heterocycles. The zero-order chi connectivity index (χ0) is 6.57. The van der Waals surface area contributed by atoms with Gasteiger partial charge in [0.05, 0.1) is 0 Å². The van der Waals surface area contributed by atoms with E-state index in [9.17, 15) is 4.79 Å². The Hall–Kier alpha value is -0.590. The molecular formula is C7H11O. The minimum Gasteiger partial charge on any atom is -0.295 e. The first-order chi connectivity index (χ1) is 3.68. The van der Waals surface area contributed by atoms with Crippen molar-refractivity contribution in [2.75, 3.05) is 0 Å². The summed E-state index contributed by atoms with van der Waals surface area (Å²) in [4.78, 5) is 10.3. The number of ketones is 1. The smallest absolute Gasteiger partial charge is 0.158 e. The van der Waals surface area contributed by atoms with E-state index in [0.717, 1.165) is 12.8 Å². The Morgan fingerprint density at radius 2 is 2.12 bits per heavy atom. The fourth-order valence-corrected chi connectivity index (χ4v) is 0.441. The Bertz CT molecular complexity index is 103. The average molecular weight is 111 g/mol. The Kier molecular flexibility index (Phi) is 3.16. The van der Waals surface area contributed by atoms with Crippen molar-refractivity contribution in [3.8, 4) is 0 Å². The molecule has 0 fully saturated rings. The summed E-state index contributed by atoms with van der Waals surface area (Å²) in [5.41, 5.74) is 0.632. The van der Waals surface area contributed by atoms with Crippen LogP contribution in [0.3, 0.4) is 0 Å². The molecule has 0 aromatic carbocycles. The maximum absolute atomic E-state index is 10.3. The van der Waals surface area contributed by atoms with E-state index in [1.165, 1.54) is 0 Å². The molecule has 45 valence electrons. The summed E-state index contributed by atoms with van der Waals surface area (Å²) in [6.07, 6.45) is 1.75. The third-order valence-electron chi connectivity index (χ3n) is 0.946. The van der Waals surface area contributed by atoms with Crippen molar-refractivity contribution in [1.29, 1.82) is 0 Å². The molecule has 0 rings (SSSR count). The lowest BCUT2D eigenvalue weighted by molar-refractivity contribution is -0.111. The second kappa shape index (κ2) is 3.42. The molecular weight excluding hydrogens is 100 g/mol. The SMILES string of the molecule is [CH2]C(=O)C(=C)CCC. The van der Waals surface area contributed by atoms with Crippen molar-refractivity contribution >= 4 is 5.78 Å². The van der Waals surface area contributed by atoms with Crippen LogP contribution in [0, 0.1) is 6.92 Å². The zero-order valence-electron chi connectivity index (χ0n) is 5.24. The Morgan fingerprint density at radius 3 is 2.25 bits per heavy atom. The lowest BCUT2D eigenvalue weighted by Crippen LogP contribution is -1.93. The van der Waals surface area contributed by atoms with E-state index in [-0.39, 0.29) is 5.78 Å². The van der Waals surface area contributed by atoms with Crippen LogP contribution in [0.5, 0.6) is 0 Å². The normalized spacial score (nSPS) is 8.75. The van der Waals surface area contributed by atoms with Crippen molar-refractivity contribution in [3.63, 3.8) is 0 Å². The predicted molar refractivity (Wildman–Crippen MR) is 34.4 cm³/mol. The van der Waals surface area contributed by atoms with Crippen LogP contribution in [-0.2, 0) is 4.79 Å². The molecule has 1 heteroatoms. The third kappa shape index (κ3) is 2.56. The summed E-state index contributed by atoms with van der Waals surface area (Å²) in [6, 6.07) is 0. The van der Waals surface area contributed by atoms with Gasteiger partial charge in [-0.25, -0.2) is 0 Å². The first-order valence-electron chi connectivity index (χ1n) is 2.72. The van der Waals surface area contributed by atoms with Crippen molar-refractivity contribution in [3.05, 3.63) is 19.1 Å². The highest BCUT2D eigenvalue weighted by atomic mass is 16.1. The quantitative estimate of drug-likeness (QED) is 0.507. The second-order valence-electron chi connectivity index (χ2n) is 1.78. The van der Waals surface area contributed by atoms with E-state index in [0.29, 0.717) is 5.57 Å². The van der Waals surface area contributed by atoms with E-state index in [2.05, 4.69) is 13.5 Å². The van der Waals surface area contributed by atoms with Gasteiger partial charge in [0, 0.05) is 6.92 Å². The van der Waals surface area contributed by atoms with Crippen LogP contribution in [0.2, 0.25) is 0 Å². The molecule has 0 aromatic rings. The lowest BCUT2D eigenvalue weighted by Gasteiger charge is -1.93. The molecule has 8 heavy (non-hydrogen) atoms. The number of rotatable bonds is 3. The zero-order valence-corrected chi connectivity index (χ0v) is 5.24. The summed E-state index contributed by atoms with van der Waals surface area (Å²) in [5, 5.41) is 0. The van der Waals surface area contributed by atoms with Gasteiger partial charge in [0.15, 0.2) is 5.78 Å². The Labute approximate surface area is 50.4 Å². The van der Waals surface area contributed by atoms with Crippen molar-refractivity contribution in [2.24, 2.45) is 0 Å². The molecule has 0 unspecified atom stereocenters. The van der Waals surface area contributed by atoms with Crippen LogP contribution < -0.4 is 0 Å². The highest BCUT2D eigenvalue weighted by Gasteiger charge is 1.95. The second-order valence-corrected chi connectivity index (χ2v) is 1.78. The molecule has 0 aliphatic rings. The van der Waals surface area contributed by atoms with Gasteiger partial charge in [0.2, 0.25) is 0 Å². The van der Waals surface area contributed by atoms with Gasteiger partial charge in [-0.1, -0.05) is 19.9 Å². The van der Waals surface area contributed by atoms with E-state index in [4.69, 9.17) is 0 Å². The van der Waals surface area contributed by atoms with Crippen LogP contribution in [-0.4, -0.2) is 5.78 Å². The van der Waals surface area contributed by atoms with Gasteiger partial charge in [0.25, 0.3) is 0 Å². The molecule has 0 heterocycles. The maximum Gasteiger partial charge on any atom is 0.158 e. The highest BCUT2D eigenvalue weighted by Crippen LogP contribution is 2.00. The summed E-state index contributed by atoms with van der Waals surface area (Å²) in [7, 11) is 0. The van der Waals surface area contributed by atoms with Crippen LogP contribution in [0.25, 0.3) is 0 Å². The lowest BCUT2D eigenvalue weighted by atomic mass is 10.1. The van der Waals surface area contributed by atoms with E-state index >= 15 is 0 Å². The summed E-state index contributed by atoms with van der Waals surface area (Å²) in [5.74, 6) is -0.133. The number of carbonyl (C=O) groups is 1. The van der Waals surface area contributed by atoms with Crippen molar-refractivity contribution in [1.82, 2.24) is 0 Å². The molecule has 0 atom stereocenters. The number of allylic oxidation sites excluding steroid dienone is 1. The largest absolute Gasteiger partial charge is 0.295 e. The molecule has 0 aliphatic carbocycles. The van der Waals surface area contributed by atoms with Gasteiger partial charge in [-0.05, 0) is 12.0 Å². The molecule has 0 aromatic heterocycles. The van der Waals surface area contributed by atoms with Crippen LogP contribution in [0.1, 0.15) is 19.8 Å². The van der Waals surface area contributed by atoms with Crippen molar-refractivity contribution in [2.45, 2.75) is 19.8 Å². The summed E-state index contributed by atoms with van der Waals surface area (Å²) < 4.78 is 0. The van der Waals surface area contributed by atoms with E-state index in [1.54, 1.807) is 0 Å². The first-order valence-corrected chi connectivity index (χ1v) is 2.72. The standard InChI is InChI=1S/C7H11O/c1-4-5-6(2)7(3)8/h2-5H2,1H3. The van der Waals surface area contributed by atoms with Gasteiger partial charge in [-0.2, -0.15) is 0 Å². The highest BCUT2D eigenvalue weighted by molar-refractivity contribution is 5.97. The van der Waals surface area contributed by atoms with Gasteiger partial charge in [-0.15, -0.1) is 0 Å². The van der Waals surface area contributed by atoms with Crippen LogP contribution in [0.15, 0.2) is 12.2 Å². The number of carbonyl (C=O) groups excluding carboxylic acids is 1. The molecule has 0 saturated carbocycles. The van der Waals surface area contributed by atoms with Gasteiger partial charge in [0.1, 0.15) is 0 Å². The average Bonchev–Trinajstić information content (AvgIpc) is 1.67. The number of hydrogen-bond acceptors (Lipinski definition) is 1. The summed E-state index contributed by atoms with van der Waals surface area (Å²) >= 11 is 0.